The number of nitriles is 1. The Labute approximate surface area is 166 Å². The van der Waals surface area contributed by atoms with Gasteiger partial charge in [0.25, 0.3) is 0 Å². The first-order chi connectivity index (χ1) is 13.7. The van der Waals surface area contributed by atoms with Crippen molar-refractivity contribution in [2.75, 3.05) is 31.6 Å². The molecule has 0 aliphatic carbocycles. The molecule has 1 unspecified atom stereocenters. The molecule has 3 rings (SSSR count). The second-order valence-electron chi connectivity index (χ2n) is 7.47. The quantitative estimate of drug-likeness (QED) is 0.815. The van der Waals surface area contributed by atoms with Gasteiger partial charge in [0, 0.05) is 38.8 Å². The van der Waals surface area contributed by atoms with Gasteiger partial charge in [-0.05, 0) is 13.3 Å². The van der Waals surface area contributed by atoms with Crippen molar-refractivity contribution in [3.05, 3.63) is 23.8 Å². The van der Waals surface area contributed by atoms with Crippen molar-refractivity contribution in [3.8, 4) is 6.07 Å². The van der Waals surface area contributed by atoms with E-state index in [2.05, 4.69) is 11.1 Å². The molecule has 10 heteroatoms. The summed E-state index contributed by atoms with van der Waals surface area (Å²) in [7, 11) is 1.57. The third-order valence-electron chi connectivity index (χ3n) is 5.11. The fraction of sp³-hybridized carbons (Fsp3) is 0.526. The Kier molecular flexibility index (Phi) is 5.98. The topological polar surface area (TPSA) is 91.2 Å². The summed E-state index contributed by atoms with van der Waals surface area (Å²) in [5.74, 6) is -2.46. The second-order valence-corrected chi connectivity index (χ2v) is 7.47. The molecule has 0 spiro atoms. The van der Waals surface area contributed by atoms with Crippen LogP contribution < -0.4 is 10.6 Å². The molecule has 2 heterocycles. The minimum absolute atomic E-state index is 0.172. The molecule has 1 aliphatic heterocycles. The number of amides is 1. The van der Waals surface area contributed by atoms with Crippen LogP contribution in [0.2, 0.25) is 0 Å². The van der Waals surface area contributed by atoms with Crippen LogP contribution in [0.15, 0.2) is 12.1 Å². The number of likely N-dealkylation sites (N-methyl/N-ethyl adjacent to an activating group) is 1. The summed E-state index contributed by atoms with van der Waals surface area (Å²) in [5, 5.41) is 8.95. The van der Waals surface area contributed by atoms with E-state index in [1.807, 2.05) is 0 Å². The highest BCUT2D eigenvalue weighted by atomic mass is 19.2. The van der Waals surface area contributed by atoms with E-state index < -0.39 is 23.8 Å². The van der Waals surface area contributed by atoms with Crippen molar-refractivity contribution in [1.82, 2.24) is 14.5 Å². The molecule has 3 atom stereocenters. The SMILES string of the molecule is CC(C#N)CN(C)C(=O)Cn1c(N2CC[C@@H](F)[C@H](N)C2)nc2cc(F)c(F)cc21. The number of carbonyl (C=O) groups is 1. The lowest BCUT2D eigenvalue weighted by molar-refractivity contribution is -0.130. The Morgan fingerprint density at radius 2 is 2.14 bits per heavy atom. The highest BCUT2D eigenvalue weighted by Gasteiger charge is 2.30. The van der Waals surface area contributed by atoms with E-state index >= 15 is 0 Å². The molecule has 0 saturated carbocycles. The summed E-state index contributed by atoms with van der Waals surface area (Å²) in [5.41, 5.74) is 6.28. The lowest BCUT2D eigenvalue weighted by atomic mass is 10.1. The molecule has 2 N–H and O–H groups in total. The van der Waals surface area contributed by atoms with E-state index in [1.165, 1.54) is 9.47 Å². The zero-order valence-electron chi connectivity index (χ0n) is 16.3. The smallest absolute Gasteiger partial charge is 0.242 e. The van der Waals surface area contributed by atoms with Crippen molar-refractivity contribution in [2.24, 2.45) is 11.7 Å². The molecule has 1 fully saturated rings. The summed E-state index contributed by atoms with van der Waals surface area (Å²) >= 11 is 0. The van der Waals surface area contributed by atoms with Gasteiger partial charge in [-0.25, -0.2) is 18.2 Å². The Bertz CT molecular complexity index is 956. The zero-order chi connectivity index (χ0) is 21.3. The normalized spacial score (nSPS) is 20.5. The Morgan fingerprint density at radius 3 is 2.79 bits per heavy atom. The van der Waals surface area contributed by atoms with Crippen LogP contribution in [0.1, 0.15) is 13.3 Å². The molecule has 0 bridgehead atoms. The van der Waals surface area contributed by atoms with Gasteiger partial charge < -0.3 is 20.1 Å². The molecule has 29 heavy (non-hydrogen) atoms. The number of piperidine rings is 1. The van der Waals surface area contributed by atoms with Gasteiger partial charge in [-0.3, -0.25) is 4.79 Å². The van der Waals surface area contributed by atoms with Crippen LogP contribution in [-0.4, -0.2) is 59.3 Å². The van der Waals surface area contributed by atoms with E-state index in [4.69, 9.17) is 11.0 Å². The van der Waals surface area contributed by atoms with Gasteiger partial charge in [0.1, 0.15) is 12.7 Å². The number of alkyl halides is 1. The van der Waals surface area contributed by atoms with Gasteiger partial charge in [0.05, 0.1) is 29.1 Å². The first-order valence-electron chi connectivity index (χ1n) is 9.34. The monoisotopic (exact) mass is 408 g/mol. The molecule has 2 aromatic rings. The average Bonchev–Trinajstić information content (AvgIpc) is 3.01. The molecule has 0 radical (unpaired) electrons. The van der Waals surface area contributed by atoms with Crippen LogP contribution in [0, 0.1) is 28.9 Å². The van der Waals surface area contributed by atoms with Crippen molar-refractivity contribution < 1.29 is 18.0 Å². The third kappa shape index (κ3) is 4.29. The predicted molar refractivity (Wildman–Crippen MR) is 102 cm³/mol. The number of imidazole rings is 1. The summed E-state index contributed by atoms with van der Waals surface area (Å²) in [6.45, 7) is 2.24. The van der Waals surface area contributed by atoms with Gasteiger partial charge in [0.2, 0.25) is 11.9 Å². The standard InChI is InChI=1S/C19H23F3N6O/c1-11(7-23)8-26(2)18(29)10-28-17-6-14(22)13(21)5-16(17)25-19(28)27-4-3-12(20)15(24)9-27/h5-6,11-12,15H,3-4,8-10,24H2,1-2H3/t11?,12-,15-/m1/s1. The lowest BCUT2D eigenvalue weighted by Gasteiger charge is -2.34. The van der Waals surface area contributed by atoms with Gasteiger partial charge >= 0.3 is 0 Å². The van der Waals surface area contributed by atoms with Crippen LogP contribution >= 0.6 is 0 Å². The average molecular weight is 408 g/mol. The van der Waals surface area contributed by atoms with E-state index in [1.54, 1.807) is 18.9 Å². The van der Waals surface area contributed by atoms with Gasteiger partial charge in [-0.15, -0.1) is 0 Å². The molecule has 156 valence electrons. The highest BCUT2D eigenvalue weighted by Crippen LogP contribution is 2.27. The Morgan fingerprint density at radius 1 is 1.45 bits per heavy atom. The number of rotatable bonds is 5. The maximum atomic E-state index is 13.9. The number of hydrogen-bond acceptors (Lipinski definition) is 5. The molecule has 1 amide bonds. The number of carbonyl (C=O) groups excluding carboxylic acids is 1. The number of nitrogens with zero attached hydrogens (tertiary/aromatic N) is 5. The van der Waals surface area contributed by atoms with Crippen LogP contribution in [0.25, 0.3) is 11.0 Å². The number of hydrogen-bond donors (Lipinski definition) is 1. The van der Waals surface area contributed by atoms with Gasteiger partial charge in [0.15, 0.2) is 11.6 Å². The summed E-state index contributed by atoms with van der Waals surface area (Å²) < 4.78 is 42.8. The number of anilines is 1. The van der Waals surface area contributed by atoms with Crippen LogP contribution in [-0.2, 0) is 11.3 Å². The van der Waals surface area contributed by atoms with E-state index in [-0.39, 0.29) is 48.9 Å². The predicted octanol–water partition coefficient (Wildman–Crippen LogP) is 1.81. The Hall–Kier alpha value is -2.80. The van der Waals surface area contributed by atoms with Gasteiger partial charge in [-0.2, -0.15) is 5.26 Å². The van der Waals surface area contributed by atoms with Crippen LogP contribution in [0.4, 0.5) is 19.1 Å². The summed E-state index contributed by atoms with van der Waals surface area (Å²) in [4.78, 5) is 20.2. The van der Waals surface area contributed by atoms with E-state index in [9.17, 15) is 18.0 Å². The fourth-order valence-corrected chi connectivity index (χ4v) is 3.45. The zero-order valence-corrected chi connectivity index (χ0v) is 16.3. The summed E-state index contributed by atoms with van der Waals surface area (Å²) in [6, 6.07) is 3.31. The van der Waals surface area contributed by atoms with E-state index in [0.29, 0.717) is 12.5 Å². The van der Waals surface area contributed by atoms with Crippen molar-refractivity contribution in [2.45, 2.75) is 32.1 Å². The highest BCUT2D eigenvalue weighted by molar-refractivity contribution is 5.83. The Balaban J connectivity index is 1.98. The van der Waals surface area contributed by atoms with Crippen molar-refractivity contribution in [1.29, 1.82) is 5.26 Å². The summed E-state index contributed by atoms with van der Waals surface area (Å²) in [6.07, 6.45) is -0.945. The number of halogens is 3. The number of benzene rings is 1. The maximum Gasteiger partial charge on any atom is 0.242 e. The van der Waals surface area contributed by atoms with Gasteiger partial charge in [-0.1, -0.05) is 0 Å². The molecule has 1 saturated heterocycles. The molecule has 1 aromatic heterocycles. The number of aromatic nitrogens is 2. The maximum absolute atomic E-state index is 13.9. The lowest BCUT2D eigenvalue weighted by Crippen LogP contribution is -2.50. The number of fused-ring (bicyclic) bond motifs is 1. The van der Waals surface area contributed by atoms with E-state index in [0.717, 1.165) is 12.1 Å². The fourth-order valence-electron chi connectivity index (χ4n) is 3.45. The van der Waals surface area contributed by atoms with Crippen molar-refractivity contribution >= 4 is 22.9 Å². The molecular formula is C19H23F3N6O. The minimum atomic E-state index is -1.14. The molecule has 7 nitrogen and oxygen atoms in total. The third-order valence-corrected chi connectivity index (χ3v) is 5.11. The first-order valence-corrected chi connectivity index (χ1v) is 9.34. The van der Waals surface area contributed by atoms with Crippen LogP contribution in [0.5, 0.6) is 0 Å². The molecule has 1 aliphatic rings. The molecular weight excluding hydrogens is 385 g/mol. The molecule has 1 aromatic carbocycles. The second kappa shape index (κ2) is 8.29. The number of nitrogens with two attached hydrogens (primary N) is 1. The first kappa shape index (κ1) is 20.9. The van der Waals surface area contributed by atoms with Crippen molar-refractivity contribution in [3.63, 3.8) is 0 Å². The van der Waals surface area contributed by atoms with Crippen LogP contribution in [0.3, 0.4) is 0 Å². The minimum Gasteiger partial charge on any atom is -0.343 e. The largest absolute Gasteiger partial charge is 0.343 e.